The van der Waals surface area contributed by atoms with Gasteiger partial charge in [0.25, 0.3) is 0 Å². The molecular weight excluding hydrogens is 388 g/mol. The molecule has 0 heterocycles. The third-order valence-electron chi connectivity index (χ3n) is 5.16. The number of ether oxygens (including phenoxy) is 1. The van der Waals surface area contributed by atoms with Gasteiger partial charge >= 0.3 is 12.1 Å². The number of alkyl carbamates (subject to hydrolysis) is 1. The van der Waals surface area contributed by atoms with E-state index in [0.717, 1.165) is 22.3 Å². The van der Waals surface area contributed by atoms with E-state index in [1.165, 1.54) is 0 Å². The topological polar surface area (TPSA) is 125 Å². The fourth-order valence-corrected chi connectivity index (χ4v) is 3.59. The van der Waals surface area contributed by atoms with Gasteiger partial charge in [0.05, 0.1) is 6.61 Å². The van der Waals surface area contributed by atoms with Crippen LogP contribution in [0.2, 0.25) is 0 Å². The van der Waals surface area contributed by atoms with Crippen LogP contribution in [-0.4, -0.2) is 53.5 Å². The molecule has 30 heavy (non-hydrogen) atoms. The van der Waals surface area contributed by atoms with E-state index < -0.39 is 36.7 Å². The quantitative estimate of drug-likeness (QED) is 0.525. The number of hydrogen-bond acceptors (Lipinski definition) is 5. The Morgan fingerprint density at radius 2 is 1.53 bits per heavy atom. The molecule has 0 spiro atoms. The normalized spacial score (nSPS) is 14.2. The average molecular weight is 412 g/mol. The third-order valence-corrected chi connectivity index (χ3v) is 5.16. The molecule has 8 nitrogen and oxygen atoms in total. The summed E-state index contributed by atoms with van der Waals surface area (Å²) in [7, 11) is 0. The van der Waals surface area contributed by atoms with Gasteiger partial charge in [-0.25, -0.2) is 9.59 Å². The van der Waals surface area contributed by atoms with Crippen molar-refractivity contribution in [2.45, 2.75) is 31.3 Å². The zero-order valence-corrected chi connectivity index (χ0v) is 16.5. The SMILES string of the molecule is CCC(NC(=O)OCC1c2ccccc2-c2ccccc21)C(=O)N[C@@H](CO)C(=O)O. The lowest BCUT2D eigenvalue weighted by Gasteiger charge is -2.20. The minimum Gasteiger partial charge on any atom is -0.480 e. The van der Waals surface area contributed by atoms with Gasteiger partial charge in [-0.1, -0.05) is 55.5 Å². The lowest BCUT2D eigenvalue weighted by Crippen LogP contribution is -2.52. The number of nitrogens with one attached hydrogen (secondary N) is 2. The van der Waals surface area contributed by atoms with Crippen LogP contribution in [0.25, 0.3) is 11.1 Å². The van der Waals surface area contributed by atoms with Crippen molar-refractivity contribution in [3.05, 3.63) is 59.7 Å². The summed E-state index contributed by atoms with van der Waals surface area (Å²) in [5.74, 6) is -2.17. The van der Waals surface area contributed by atoms with Crippen LogP contribution in [0.3, 0.4) is 0 Å². The Labute approximate surface area is 173 Å². The summed E-state index contributed by atoms with van der Waals surface area (Å²) in [5, 5.41) is 22.6. The van der Waals surface area contributed by atoms with Crippen molar-refractivity contribution in [1.82, 2.24) is 10.6 Å². The number of carboxylic acid groups (broad SMARTS) is 1. The Bertz CT molecular complexity index is 899. The largest absolute Gasteiger partial charge is 0.480 e. The summed E-state index contributed by atoms with van der Waals surface area (Å²) in [6.45, 7) is 1.03. The summed E-state index contributed by atoms with van der Waals surface area (Å²) in [4.78, 5) is 35.5. The molecule has 1 unspecified atom stereocenters. The molecule has 2 atom stereocenters. The molecule has 0 aromatic heterocycles. The maximum absolute atomic E-state index is 12.3. The van der Waals surface area contributed by atoms with E-state index >= 15 is 0 Å². The van der Waals surface area contributed by atoms with E-state index in [1.807, 2.05) is 48.5 Å². The number of aliphatic hydroxyl groups excluding tert-OH is 1. The van der Waals surface area contributed by atoms with Crippen LogP contribution < -0.4 is 10.6 Å². The first-order valence-corrected chi connectivity index (χ1v) is 9.71. The fraction of sp³-hybridized carbons (Fsp3) is 0.318. The molecule has 1 aliphatic rings. The molecule has 4 N–H and O–H groups in total. The number of aliphatic carboxylic acids is 1. The second kappa shape index (κ2) is 9.41. The zero-order valence-electron chi connectivity index (χ0n) is 16.5. The first-order valence-electron chi connectivity index (χ1n) is 9.71. The fourth-order valence-electron chi connectivity index (χ4n) is 3.59. The number of amides is 2. The Morgan fingerprint density at radius 1 is 0.967 bits per heavy atom. The van der Waals surface area contributed by atoms with Crippen LogP contribution in [0, 0.1) is 0 Å². The van der Waals surface area contributed by atoms with Gasteiger partial charge in [0.15, 0.2) is 0 Å². The monoisotopic (exact) mass is 412 g/mol. The van der Waals surface area contributed by atoms with E-state index in [0.29, 0.717) is 0 Å². The first kappa shape index (κ1) is 21.3. The highest BCUT2D eigenvalue weighted by molar-refractivity contribution is 5.89. The predicted molar refractivity (Wildman–Crippen MR) is 109 cm³/mol. The maximum Gasteiger partial charge on any atom is 0.407 e. The molecule has 0 bridgehead atoms. The van der Waals surface area contributed by atoms with Gasteiger partial charge in [-0.2, -0.15) is 0 Å². The lowest BCUT2D eigenvalue weighted by atomic mass is 9.98. The molecule has 0 radical (unpaired) electrons. The smallest absolute Gasteiger partial charge is 0.407 e. The Kier molecular flexibility index (Phi) is 6.68. The number of fused-ring (bicyclic) bond motifs is 3. The molecule has 0 aliphatic heterocycles. The summed E-state index contributed by atoms with van der Waals surface area (Å²) in [6, 6.07) is 13.5. The first-order chi connectivity index (χ1) is 14.5. The molecule has 0 saturated carbocycles. The number of hydrogen-bond donors (Lipinski definition) is 4. The summed E-state index contributed by atoms with van der Waals surface area (Å²) in [6.07, 6.45) is -0.539. The molecule has 8 heteroatoms. The summed E-state index contributed by atoms with van der Waals surface area (Å²) < 4.78 is 5.41. The van der Waals surface area contributed by atoms with E-state index in [2.05, 4.69) is 10.6 Å². The highest BCUT2D eigenvalue weighted by Gasteiger charge is 2.30. The lowest BCUT2D eigenvalue weighted by molar-refractivity contribution is -0.143. The Morgan fingerprint density at radius 3 is 2.03 bits per heavy atom. The van der Waals surface area contributed by atoms with Crippen LogP contribution in [0.1, 0.15) is 30.4 Å². The molecule has 2 amide bonds. The average Bonchev–Trinajstić information content (AvgIpc) is 3.07. The minimum atomic E-state index is -1.43. The minimum absolute atomic E-state index is 0.103. The second-order valence-electron chi connectivity index (χ2n) is 7.01. The zero-order chi connectivity index (χ0) is 21.7. The number of rotatable bonds is 8. The molecular formula is C22H24N2O6. The van der Waals surface area contributed by atoms with E-state index in [1.54, 1.807) is 6.92 Å². The van der Waals surface area contributed by atoms with Crippen molar-refractivity contribution < 1.29 is 29.3 Å². The van der Waals surface area contributed by atoms with Crippen molar-refractivity contribution in [2.75, 3.05) is 13.2 Å². The van der Waals surface area contributed by atoms with Crippen molar-refractivity contribution in [3.63, 3.8) is 0 Å². The number of carbonyl (C=O) groups is 3. The Hall–Kier alpha value is -3.39. The maximum atomic E-state index is 12.3. The van der Waals surface area contributed by atoms with Crippen molar-refractivity contribution in [2.24, 2.45) is 0 Å². The number of benzene rings is 2. The number of aliphatic hydroxyl groups is 1. The second-order valence-corrected chi connectivity index (χ2v) is 7.01. The van der Waals surface area contributed by atoms with Gasteiger partial charge in [-0.05, 0) is 28.7 Å². The van der Waals surface area contributed by atoms with E-state index in [-0.39, 0.29) is 18.9 Å². The van der Waals surface area contributed by atoms with Gasteiger partial charge in [-0.3, -0.25) is 4.79 Å². The summed E-state index contributed by atoms with van der Waals surface area (Å²) in [5.41, 5.74) is 4.36. The van der Waals surface area contributed by atoms with Crippen LogP contribution in [0.15, 0.2) is 48.5 Å². The van der Waals surface area contributed by atoms with Crippen LogP contribution in [0.5, 0.6) is 0 Å². The molecule has 0 saturated heterocycles. The third kappa shape index (κ3) is 4.44. The van der Waals surface area contributed by atoms with Gasteiger partial charge < -0.3 is 25.6 Å². The molecule has 158 valence electrons. The molecule has 0 fully saturated rings. The van der Waals surface area contributed by atoms with Crippen molar-refractivity contribution in [1.29, 1.82) is 0 Å². The summed E-state index contributed by atoms with van der Waals surface area (Å²) >= 11 is 0. The highest BCUT2D eigenvalue weighted by Crippen LogP contribution is 2.44. The molecule has 3 rings (SSSR count). The van der Waals surface area contributed by atoms with E-state index in [9.17, 15) is 14.4 Å². The Balaban J connectivity index is 1.63. The van der Waals surface area contributed by atoms with Gasteiger partial charge in [0.2, 0.25) is 5.91 Å². The number of carbonyl (C=O) groups excluding carboxylic acids is 2. The molecule has 2 aromatic carbocycles. The standard InChI is InChI=1S/C22H24N2O6/c1-2-18(20(26)23-19(11-25)21(27)28)24-22(29)30-12-17-15-9-5-3-7-13(15)14-8-4-6-10-16(14)17/h3-10,17-19,25H,2,11-12H2,1H3,(H,23,26)(H,24,29)(H,27,28)/t18?,19-/m0/s1. The van der Waals surface area contributed by atoms with Crippen molar-refractivity contribution in [3.8, 4) is 11.1 Å². The number of carboxylic acids is 1. The predicted octanol–water partition coefficient (Wildman–Crippen LogP) is 1.87. The van der Waals surface area contributed by atoms with Crippen LogP contribution in [-0.2, 0) is 14.3 Å². The van der Waals surface area contributed by atoms with Crippen molar-refractivity contribution >= 4 is 18.0 Å². The van der Waals surface area contributed by atoms with Crippen LogP contribution in [0.4, 0.5) is 4.79 Å². The molecule has 1 aliphatic carbocycles. The van der Waals surface area contributed by atoms with Crippen LogP contribution >= 0.6 is 0 Å². The van der Waals surface area contributed by atoms with Gasteiger partial charge in [-0.15, -0.1) is 0 Å². The molecule has 2 aromatic rings. The van der Waals surface area contributed by atoms with E-state index in [4.69, 9.17) is 14.9 Å². The van der Waals surface area contributed by atoms with Gasteiger partial charge in [0.1, 0.15) is 18.7 Å². The highest BCUT2D eigenvalue weighted by atomic mass is 16.5. The van der Waals surface area contributed by atoms with Gasteiger partial charge in [0, 0.05) is 5.92 Å².